The Hall–Kier alpha value is -2.64. The fourth-order valence-corrected chi connectivity index (χ4v) is 1.46. The van der Waals surface area contributed by atoms with Gasteiger partial charge in [-0.2, -0.15) is 0 Å². The van der Waals surface area contributed by atoms with Crippen molar-refractivity contribution in [3.63, 3.8) is 0 Å². The number of pyridine rings is 1. The Morgan fingerprint density at radius 3 is 2.17 bits per heavy atom. The number of hydrogen-bond donors (Lipinski definition) is 3. The molecule has 0 aliphatic carbocycles. The van der Waals surface area contributed by atoms with Crippen molar-refractivity contribution >= 4 is 18.0 Å². The normalized spacial score (nSPS) is 11.8. The van der Waals surface area contributed by atoms with Gasteiger partial charge in [0.25, 0.3) is 0 Å². The first-order valence-corrected chi connectivity index (χ1v) is 7.36. The van der Waals surface area contributed by atoms with Crippen molar-refractivity contribution in [1.29, 1.82) is 0 Å². The highest BCUT2D eigenvalue weighted by Gasteiger charge is 2.26. The molecule has 4 N–H and O–H groups in total. The van der Waals surface area contributed by atoms with Crippen LogP contribution in [0.5, 0.6) is 0 Å². The van der Waals surface area contributed by atoms with Gasteiger partial charge in [0.2, 0.25) is 5.91 Å². The van der Waals surface area contributed by atoms with Crippen LogP contribution in [0.4, 0.5) is 4.79 Å². The van der Waals surface area contributed by atoms with Gasteiger partial charge in [0.05, 0.1) is 5.56 Å². The number of nitrogens with two attached hydrogens (primary N) is 1. The molecule has 0 radical (unpaired) electrons. The van der Waals surface area contributed by atoms with Gasteiger partial charge >= 0.3 is 12.1 Å². The van der Waals surface area contributed by atoms with Crippen LogP contribution in [0.3, 0.4) is 0 Å². The molecule has 2 amide bonds. The molecule has 1 heterocycles. The number of alkyl carbamates (subject to hydrolysis) is 1. The zero-order chi connectivity index (χ0) is 18.9. The summed E-state index contributed by atoms with van der Waals surface area (Å²) in [4.78, 5) is 36.1. The quantitative estimate of drug-likeness (QED) is 0.766. The molecule has 0 fully saturated rings. The number of primary amides is 1. The molecule has 8 nitrogen and oxygen atoms in total. The Balaban J connectivity index is 0.000000496. The zero-order valence-corrected chi connectivity index (χ0v) is 14.6. The summed E-state index contributed by atoms with van der Waals surface area (Å²) in [7, 11) is 0. The van der Waals surface area contributed by atoms with Gasteiger partial charge in [-0.05, 0) is 38.8 Å². The highest BCUT2D eigenvalue weighted by Crippen LogP contribution is 2.08. The van der Waals surface area contributed by atoms with Gasteiger partial charge in [-0.3, -0.25) is 9.78 Å². The fourth-order valence-electron chi connectivity index (χ4n) is 1.46. The summed E-state index contributed by atoms with van der Waals surface area (Å²) in [5, 5.41) is 11.1. The van der Waals surface area contributed by atoms with Crippen LogP contribution in [0.2, 0.25) is 0 Å². The summed E-state index contributed by atoms with van der Waals surface area (Å²) < 4.78 is 4.96. The number of aliphatic carboxylic acids is 1. The average molecular weight is 339 g/mol. The van der Waals surface area contributed by atoms with Crippen molar-refractivity contribution in [2.24, 2.45) is 11.7 Å². The smallest absolute Gasteiger partial charge is 0.408 e. The maximum atomic E-state index is 11.3. The lowest BCUT2D eigenvalue weighted by Gasteiger charge is -2.23. The molecule has 134 valence electrons. The molecule has 24 heavy (non-hydrogen) atoms. The van der Waals surface area contributed by atoms with Crippen molar-refractivity contribution in [1.82, 2.24) is 10.3 Å². The van der Waals surface area contributed by atoms with Gasteiger partial charge in [0.15, 0.2) is 0 Å². The van der Waals surface area contributed by atoms with Crippen LogP contribution in [0.15, 0.2) is 24.5 Å². The van der Waals surface area contributed by atoms with Crippen molar-refractivity contribution in [3.8, 4) is 0 Å². The number of carboxylic acids is 1. The minimum atomic E-state index is -1.06. The van der Waals surface area contributed by atoms with Crippen LogP contribution < -0.4 is 11.1 Å². The monoisotopic (exact) mass is 339 g/mol. The summed E-state index contributed by atoms with van der Waals surface area (Å²) in [6, 6.07) is 2.37. The Labute approximate surface area is 141 Å². The van der Waals surface area contributed by atoms with Crippen LogP contribution in [0.25, 0.3) is 0 Å². The van der Waals surface area contributed by atoms with Gasteiger partial charge in [0.1, 0.15) is 11.6 Å². The van der Waals surface area contributed by atoms with Crippen LogP contribution in [0, 0.1) is 5.92 Å². The molecule has 0 aliphatic heterocycles. The van der Waals surface area contributed by atoms with E-state index in [-0.39, 0.29) is 5.92 Å². The number of carboxylic acid groups (broad SMARTS) is 1. The lowest BCUT2D eigenvalue weighted by atomic mass is 10.1. The number of carbonyl (C=O) groups is 3. The first kappa shape index (κ1) is 21.4. The van der Waals surface area contributed by atoms with E-state index in [1.807, 2.05) is 0 Å². The Bertz CT molecular complexity index is 553. The molecule has 0 unspecified atom stereocenters. The molecule has 0 aliphatic rings. The van der Waals surface area contributed by atoms with E-state index in [1.54, 1.807) is 52.9 Å². The number of hydrogen-bond acceptors (Lipinski definition) is 5. The molecular weight excluding hydrogens is 314 g/mol. The molecule has 0 aromatic carbocycles. The Kier molecular flexibility index (Phi) is 8.44. The molecule has 1 rings (SSSR count). The van der Waals surface area contributed by atoms with E-state index in [2.05, 4.69) is 10.3 Å². The Morgan fingerprint density at radius 2 is 1.88 bits per heavy atom. The summed E-state index contributed by atoms with van der Waals surface area (Å²) in [6.07, 6.45) is 2.32. The highest BCUT2D eigenvalue weighted by molar-refractivity contribution is 5.92. The van der Waals surface area contributed by atoms with Crippen molar-refractivity contribution in [2.75, 3.05) is 0 Å². The fraction of sp³-hybridized carbons (Fsp3) is 0.500. The van der Waals surface area contributed by atoms with Gasteiger partial charge in [-0.15, -0.1) is 0 Å². The van der Waals surface area contributed by atoms with E-state index in [0.717, 1.165) is 0 Å². The number of ether oxygens (including phenoxy) is 1. The van der Waals surface area contributed by atoms with Crippen LogP contribution in [-0.2, 0) is 9.53 Å². The van der Waals surface area contributed by atoms with Gasteiger partial charge < -0.3 is 20.9 Å². The number of carbonyl (C=O) groups excluding carboxylic acids is 2. The molecular formula is C16H25N3O5. The lowest BCUT2D eigenvalue weighted by molar-refractivity contribution is -0.140. The average Bonchev–Trinajstić information content (AvgIpc) is 2.44. The van der Waals surface area contributed by atoms with Gasteiger partial charge in [-0.1, -0.05) is 13.8 Å². The third-order valence-electron chi connectivity index (χ3n) is 2.55. The molecule has 0 bridgehead atoms. The van der Waals surface area contributed by atoms with Crippen molar-refractivity contribution < 1.29 is 24.2 Å². The summed E-state index contributed by atoms with van der Waals surface area (Å²) in [5.74, 6) is -1.69. The van der Waals surface area contributed by atoms with Crippen molar-refractivity contribution in [3.05, 3.63) is 30.1 Å². The predicted molar refractivity (Wildman–Crippen MR) is 88.4 cm³/mol. The third-order valence-corrected chi connectivity index (χ3v) is 2.55. The predicted octanol–water partition coefficient (Wildman–Crippen LogP) is 1.80. The number of amides is 2. The third kappa shape index (κ3) is 9.39. The number of aromatic nitrogens is 1. The molecule has 1 atom stereocenters. The summed E-state index contributed by atoms with van der Waals surface area (Å²) in [6.45, 7) is 8.60. The second kappa shape index (κ2) is 9.49. The lowest BCUT2D eigenvalue weighted by Crippen LogP contribution is -2.46. The standard InChI is InChI=1S/C10H19NO4.C6H6N2O/c1-6(2)7(8(12)13)11-9(14)15-10(3,4)5;7-6(9)5-2-1-3-8-4-5/h6-7H,1-5H3,(H,11,14)(H,12,13);1-4H,(H2,7,9)/t7-;/m0./s1. The maximum Gasteiger partial charge on any atom is 0.408 e. The van der Waals surface area contributed by atoms with E-state index in [9.17, 15) is 14.4 Å². The topological polar surface area (TPSA) is 132 Å². The van der Waals surface area contributed by atoms with Crippen LogP contribution >= 0.6 is 0 Å². The summed E-state index contributed by atoms with van der Waals surface area (Å²) >= 11 is 0. The number of nitrogens with one attached hydrogen (secondary N) is 1. The zero-order valence-electron chi connectivity index (χ0n) is 14.6. The first-order valence-electron chi connectivity index (χ1n) is 7.36. The van der Waals surface area contributed by atoms with Crippen molar-refractivity contribution in [2.45, 2.75) is 46.3 Å². The summed E-state index contributed by atoms with van der Waals surface area (Å²) in [5.41, 5.74) is 4.76. The first-order chi connectivity index (χ1) is 10.9. The van der Waals surface area contributed by atoms with Crippen LogP contribution in [0.1, 0.15) is 45.0 Å². The van der Waals surface area contributed by atoms with E-state index in [4.69, 9.17) is 15.6 Å². The van der Waals surface area contributed by atoms with Crippen LogP contribution in [-0.4, -0.2) is 39.7 Å². The SMILES string of the molecule is CC(C)[C@H](NC(=O)OC(C)(C)C)C(=O)O.NC(=O)c1cccnc1. The number of nitrogens with zero attached hydrogens (tertiary/aromatic N) is 1. The van der Waals surface area contributed by atoms with E-state index in [0.29, 0.717) is 5.56 Å². The van der Waals surface area contributed by atoms with E-state index in [1.165, 1.54) is 6.20 Å². The minimum absolute atomic E-state index is 0.185. The highest BCUT2D eigenvalue weighted by atomic mass is 16.6. The van der Waals surface area contributed by atoms with Gasteiger partial charge in [0, 0.05) is 12.4 Å². The molecule has 8 heteroatoms. The molecule has 0 spiro atoms. The van der Waals surface area contributed by atoms with E-state index >= 15 is 0 Å². The maximum absolute atomic E-state index is 11.3. The molecule has 0 saturated carbocycles. The second-order valence-electron chi connectivity index (χ2n) is 6.31. The van der Waals surface area contributed by atoms with E-state index < -0.39 is 29.6 Å². The minimum Gasteiger partial charge on any atom is -0.480 e. The van der Waals surface area contributed by atoms with Gasteiger partial charge in [-0.25, -0.2) is 9.59 Å². The number of rotatable bonds is 4. The second-order valence-corrected chi connectivity index (χ2v) is 6.31. The molecule has 0 saturated heterocycles. The Morgan fingerprint density at radius 1 is 1.29 bits per heavy atom. The largest absolute Gasteiger partial charge is 0.480 e. The molecule has 1 aromatic heterocycles. The molecule has 1 aromatic rings.